The summed E-state index contributed by atoms with van der Waals surface area (Å²) in [4.78, 5) is 31.6. The van der Waals surface area contributed by atoms with Crippen molar-refractivity contribution in [3.8, 4) is 0 Å². The molecule has 29 heavy (non-hydrogen) atoms. The van der Waals surface area contributed by atoms with Crippen LogP contribution in [0.25, 0.3) is 10.9 Å². The SMILES string of the molecule is O=C(CCn1cnc2ccc(Br)cc2c1=O)Nc1ccc(N2CCCCC2)cc1. The van der Waals surface area contributed by atoms with E-state index in [9.17, 15) is 9.59 Å². The molecule has 1 saturated heterocycles. The minimum Gasteiger partial charge on any atom is -0.372 e. The summed E-state index contributed by atoms with van der Waals surface area (Å²) < 4.78 is 2.31. The van der Waals surface area contributed by atoms with Gasteiger partial charge in [-0.25, -0.2) is 4.98 Å². The number of aryl methyl sites for hydroxylation is 1. The van der Waals surface area contributed by atoms with E-state index in [1.54, 1.807) is 12.1 Å². The molecule has 0 saturated carbocycles. The summed E-state index contributed by atoms with van der Waals surface area (Å²) in [5, 5.41) is 3.44. The number of carbonyl (C=O) groups excluding carboxylic acids is 1. The van der Waals surface area contributed by atoms with E-state index in [2.05, 4.69) is 43.3 Å². The summed E-state index contributed by atoms with van der Waals surface area (Å²) >= 11 is 3.38. The minimum absolute atomic E-state index is 0.128. The third kappa shape index (κ3) is 4.67. The van der Waals surface area contributed by atoms with E-state index in [-0.39, 0.29) is 24.4 Å². The molecule has 2 heterocycles. The smallest absolute Gasteiger partial charge is 0.261 e. The highest BCUT2D eigenvalue weighted by atomic mass is 79.9. The molecule has 1 aliphatic rings. The average molecular weight is 455 g/mol. The highest BCUT2D eigenvalue weighted by Gasteiger charge is 2.11. The number of piperidine rings is 1. The number of amides is 1. The van der Waals surface area contributed by atoms with Crippen molar-refractivity contribution in [1.82, 2.24) is 9.55 Å². The number of anilines is 2. The Morgan fingerprint density at radius 2 is 1.83 bits per heavy atom. The van der Waals surface area contributed by atoms with Crippen LogP contribution in [0.1, 0.15) is 25.7 Å². The Kier molecular flexibility index (Phi) is 5.94. The Bertz CT molecular complexity index is 1070. The minimum atomic E-state index is -0.144. The van der Waals surface area contributed by atoms with Crippen LogP contribution < -0.4 is 15.8 Å². The number of carbonyl (C=O) groups is 1. The van der Waals surface area contributed by atoms with Crippen LogP contribution >= 0.6 is 15.9 Å². The lowest BCUT2D eigenvalue weighted by Gasteiger charge is -2.28. The first kappa shape index (κ1) is 19.6. The normalized spacial score (nSPS) is 14.2. The summed E-state index contributed by atoms with van der Waals surface area (Å²) in [6.45, 7) is 2.47. The molecule has 0 spiro atoms. The predicted octanol–water partition coefficient (Wildman–Crippen LogP) is 4.18. The first-order valence-corrected chi connectivity index (χ1v) is 10.7. The van der Waals surface area contributed by atoms with Gasteiger partial charge in [-0.05, 0) is 61.7 Å². The molecule has 0 aliphatic carbocycles. The Balaban J connectivity index is 1.37. The average Bonchev–Trinajstić information content (AvgIpc) is 2.75. The molecule has 2 aromatic carbocycles. The van der Waals surface area contributed by atoms with E-state index >= 15 is 0 Å². The van der Waals surface area contributed by atoms with Crippen molar-refractivity contribution in [1.29, 1.82) is 0 Å². The van der Waals surface area contributed by atoms with Crippen molar-refractivity contribution in [3.05, 3.63) is 63.6 Å². The number of aromatic nitrogens is 2. The summed E-state index contributed by atoms with van der Waals surface area (Å²) in [6, 6.07) is 13.4. The molecule has 0 bridgehead atoms. The van der Waals surface area contributed by atoms with Crippen molar-refractivity contribution >= 4 is 44.1 Å². The summed E-state index contributed by atoms with van der Waals surface area (Å²) in [5.41, 5.74) is 2.47. The zero-order valence-corrected chi connectivity index (χ0v) is 17.7. The number of hydrogen-bond acceptors (Lipinski definition) is 4. The quantitative estimate of drug-likeness (QED) is 0.627. The first-order chi connectivity index (χ1) is 14.1. The van der Waals surface area contributed by atoms with Crippen molar-refractivity contribution in [2.45, 2.75) is 32.2 Å². The van der Waals surface area contributed by atoms with Crippen LogP contribution in [0, 0.1) is 0 Å². The van der Waals surface area contributed by atoms with Gasteiger partial charge in [-0.15, -0.1) is 0 Å². The molecule has 1 amide bonds. The topological polar surface area (TPSA) is 67.2 Å². The van der Waals surface area contributed by atoms with Crippen LogP contribution in [-0.4, -0.2) is 28.5 Å². The molecule has 1 aromatic heterocycles. The molecule has 7 heteroatoms. The molecular formula is C22H23BrN4O2. The lowest BCUT2D eigenvalue weighted by Crippen LogP contribution is -2.29. The van der Waals surface area contributed by atoms with Gasteiger partial charge in [-0.1, -0.05) is 15.9 Å². The molecule has 3 aromatic rings. The summed E-state index contributed by atoms with van der Waals surface area (Å²) in [6.07, 6.45) is 5.48. The van der Waals surface area contributed by atoms with E-state index in [4.69, 9.17) is 0 Å². The van der Waals surface area contributed by atoms with Crippen molar-refractivity contribution in [3.63, 3.8) is 0 Å². The van der Waals surface area contributed by atoms with Crippen molar-refractivity contribution < 1.29 is 4.79 Å². The van der Waals surface area contributed by atoms with E-state index < -0.39 is 0 Å². The number of rotatable bonds is 5. The first-order valence-electron chi connectivity index (χ1n) is 9.90. The largest absolute Gasteiger partial charge is 0.372 e. The highest BCUT2D eigenvalue weighted by molar-refractivity contribution is 9.10. The predicted molar refractivity (Wildman–Crippen MR) is 119 cm³/mol. The van der Waals surface area contributed by atoms with Gasteiger partial charge in [-0.2, -0.15) is 0 Å². The Hall–Kier alpha value is -2.67. The van der Waals surface area contributed by atoms with Crippen molar-refractivity contribution in [2.75, 3.05) is 23.3 Å². The number of benzene rings is 2. The number of halogens is 1. The summed E-state index contributed by atoms with van der Waals surface area (Å²) in [7, 11) is 0. The van der Waals surface area contributed by atoms with Crippen LogP contribution in [0.2, 0.25) is 0 Å². The van der Waals surface area contributed by atoms with E-state index in [0.717, 1.165) is 23.2 Å². The van der Waals surface area contributed by atoms with Gasteiger partial charge in [0, 0.05) is 41.9 Å². The fourth-order valence-corrected chi connectivity index (χ4v) is 4.00. The third-order valence-corrected chi connectivity index (χ3v) is 5.73. The van der Waals surface area contributed by atoms with Gasteiger partial charge in [0.1, 0.15) is 0 Å². The lowest BCUT2D eigenvalue weighted by molar-refractivity contribution is -0.116. The molecule has 150 valence electrons. The fraction of sp³-hybridized carbons (Fsp3) is 0.318. The third-order valence-electron chi connectivity index (χ3n) is 5.24. The molecule has 0 unspecified atom stereocenters. The van der Waals surface area contributed by atoms with Crippen LogP contribution in [-0.2, 0) is 11.3 Å². The summed E-state index contributed by atoms with van der Waals surface area (Å²) in [5.74, 6) is -0.128. The molecule has 0 radical (unpaired) electrons. The van der Waals surface area contributed by atoms with Crippen LogP contribution in [0.4, 0.5) is 11.4 Å². The Labute approximate surface area is 177 Å². The van der Waals surface area contributed by atoms with Crippen LogP contribution in [0.3, 0.4) is 0 Å². The molecule has 0 atom stereocenters. The van der Waals surface area contributed by atoms with Gasteiger partial charge in [0.15, 0.2) is 0 Å². The maximum absolute atomic E-state index is 12.6. The zero-order chi connectivity index (χ0) is 20.2. The van der Waals surface area contributed by atoms with Gasteiger partial charge >= 0.3 is 0 Å². The number of hydrogen-bond donors (Lipinski definition) is 1. The Morgan fingerprint density at radius 1 is 1.07 bits per heavy atom. The molecular weight excluding hydrogens is 432 g/mol. The highest BCUT2D eigenvalue weighted by Crippen LogP contribution is 2.22. The second-order valence-electron chi connectivity index (χ2n) is 7.30. The second kappa shape index (κ2) is 8.78. The molecule has 1 N–H and O–H groups in total. The van der Waals surface area contributed by atoms with Crippen LogP contribution in [0.5, 0.6) is 0 Å². The molecule has 1 aliphatic heterocycles. The van der Waals surface area contributed by atoms with Crippen molar-refractivity contribution in [2.24, 2.45) is 0 Å². The zero-order valence-electron chi connectivity index (χ0n) is 16.1. The maximum Gasteiger partial charge on any atom is 0.261 e. The van der Waals surface area contributed by atoms with Gasteiger partial charge in [0.25, 0.3) is 5.56 Å². The Morgan fingerprint density at radius 3 is 2.59 bits per heavy atom. The maximum atomic E-state index is 12.6. The molecule has 4 rings (SSSR count). The number of nitrogens with zero attached hydrogens (tertiary/aromatic N) is 3. The standard InChI is InChI=1S/C22H23BrN4O2/c23-16-4-9-20-19(14-16)22(29)27(15-24-20)13-10-21(28)25-17-5-7-18(8-6-17)26-11-2-1-3-12-26/h4-9,14-15H,1-3,10-13H2,(H,25,28). The van der Waals surface area contributed by atoms with Gasteiger partial charge in [0.2, 0.25) is 5.91 Å². The number of fused-ring (bicyclic) bond motifs is 1. The van der Waals surface area contributed by atoms with E-state index in [1.165, 1.54) is 35.8 Å². The second-order valence-corrected chi connectivity index (χ2v) is 8.21. The lowest BCUT2D eigenvalue weighted by atomic mass is 10.1. The fourth-order valence-electron chi connectivity index (χ4n) is 3.64. The molecule has 1 fully saturated rings. The van der Waals surface area contributed by atoms with E-state index in [0.29, 0.717) is 10.9 Å². The van der Waals surface area contributed by atoms with E-state index in [1.807, 2.05) is 18.2 Å². The van der Waals surface area contributed by atoms with Gasteiger partial charge < -0.3 is 10.2 Å². The molecule has 6 nitrogen and oxygen atoms in total. The van der Waals surface area contributed by atoms with Crippen LogP contribution in [0.15, 0.2) is 58.1 Å². The van der Waals surface area contributed by atoms with Gasteiger partial charge in [0.05, 0.1) is 17.2 Å². The van der Waals surface area contributed by atoms with Gasteiger partial charge in [-0.3, -0.25) is 14.2 Å². The number of nitrogens with one attached hydrogen (secondary N) is 1. The monoisotopic (exact) mass is 454 g/mol.